The molecule has 0 atom stereocenters. The maximum atomic E-state index is 6.09. The topological polar surface area (TPSA) is 3.24 Å². The molecule has 1 aliphatic rings. The predicted octanol–water partition coefficient (Wildman–Crippen LogP) is 4.36. The van der Waals surface area contributed by atoms with Gasteiger partial charge in [-0.25, -0.2) is 0 Å². The summed E-state index contributed by atoms with van der Waals surface area (Å²) in [6, 6.07) is 6.19. The first-order valence-corrected chi connectivity index (χ1v) is 6.14. The Labute approximate surface area is 103 Å². The van der Waals surface area contributed by atoms with Crippen LogP contribution in [0.15, 0.2) is 30.0 Å². The summed E-state index contributed by atoms with van der Waals surface area (Å²) in [5.74, 6) is 0. The Kier molecular flexibility index (Phi) is 2.75. The number of likely N-dealkylation sites (N-methyl/N-ethyl adjacent to an activating group) is 1. The maximum absolute atomic E-state index is 6.09. The third-order valence-corrected chi connectivity index (χ3v) is 3.68. The van der Waals surface area contributed by atoms with Gasteiger partial charge in [0.1, 0.15) is 0 Å². The fourth-order valence-electron chi connectivity index (χ4n) is 2.71. The van der Waals surface area contributed by atoms with Gasteiger partial charge in [0.25, 0.3) is 0 Å². The molecule has 0 saturated heterocycles. The predicted molar refractivity (Wildman–Crippen MR) is 71.3 cm³/mol. The first kappa shape index (κ1) is 11.5. The fraction of sp³-hybridized carbons (Fsp3) is 0.429. The lowest BCUT2D eigenvalue weighted by atomic mass is 9.84. The van der Waals surface area contributed by atoms with Crippen molar-refractivity contribution in [1.82, 2.24) is 0 Å². The van der Waals surface area contributed by atoms with Gasteiger partial charge in [0.15, 0.2) is 0 Å². The Hall–Kier alpha value is -0.950. The Morgan fingerprint density at radius 2 is 2.06 bits per heavy atom. The molecule has 0 fully saturated rings. The molecule has 86 valence electrons. The van der Waals surface area contributed by atoms with Gasteiger partial charge in [0, 0.05) is 28.4 Å². The summed E-state index contributed by atoms with van der Waals surface area (Å²) in [7, 11) is 0. The second kappa shape index (κ2) is 3.81. The minimum absolute atomic E-state index is 0.0605. The third kappa shape index (κ3) is 1.46. The molecule has 0 N–H and O–H groups in total. The zero-order valence-corrected chi connectivity index (χ0v) is 11.1. The van der Waals surface area contributed by atoms with Gasteiger partial charge >= 0.3 is 0 Å². The first-order valence-electron chi connectivity index (χ1n) is 5.76. The highest BCUT2D eigenvalue weighted by molar-refractivity contribution is 6.30. The number of fused-ring (bicyclic) bond motifs is 1. The van der Waals surface area contributed by atoms with Gasteiger partial charge < -0.3 is 4.90 Å². The van der Waals surface area contributed by atoms with E-state index in [9.17, 15) is 0 Å². The van der Waals surface area contributed by atoms with E-state index in [0.29, 0.717) is 0 Å². The van der Waals surface area contributed by atoms with Crippen molar-refractivity contribution in [3.63, 3.8) is 0 Å². The van der Waals surface area contributed by atoms with E-state index in [0.717, 1.165) is 11.6 Å². The van der Waals surface area contributed by atoms with Gasteiger partial charge in [-0.05, 0) is 37.6 Å². The standard InChI is InChI=1S/C14H18ClN/c1-5-13-14(3,4)11-9-10(15)7-8-12(11)16(13)6-2/h5,7-9H,6H2,1-4H3. The van der Waals surface area contributed by atoms with Crippen molar-refractivity contribution in [2.24, 2.45) is 0 Å². The van der Waals surface area contributed by atoms with Crippen molar-refractivity contribution in [2.45, 2.75) is 33.1 Å². The van der Waals surface area contributed by atoms with Crippen LogP contribution in [0, 0.1) is 0 Å². The van der Waals surface area contributed by atoms with E-state index < -0.39 is 0 Å². The monoisotopic (exact) mass is 235 g/mol. The summed E-state index contributed by atoms with van der Waals surface area (Å²) >= 11 is 6.09. The van der Waals surface area contributed by atoms with Crippen LogP contribution in [0.5, 0.6) is 0 Å². The molecule has 1 aliphatic heterocycles. The van der Waals surface area contributed by atoms with E-state index >= 15 is 0 Å². The highest BCUT2D eigenvalue weighted by Gasteiger charge is 2.38. The van der Waals surface area contributed by atoms with Crippen LogP contribution in [0.25, 0.3) is 0 Å². The number of halogens is 1. The van der Waals surface area contributed by atoms with Crippen molar-refractivity contribution in [3.05, 3.63) is 40.6 Å². The van der Waals surface area contributed by atoms with E-state index in [4.69, 9.17) is 11.6 Å². The zero-order chi connectivity index (χ0) is 11.9. The summed E-state index contributed by atoms with van der Waals surface area (Å²) < 4.78 is 0. The molecule has 0 unspecified atom stereocenters. The molecular formula is C14H18ClN. The molecule has 0 aliphatic carbocycles. The number of allylic oxidation sites excluding steroid dienone is 2. The lowest BCUT2D eigenvalue weighted by molar-refractivity contribution is 0.632. The highest BCUT2D eigenvalue weighted by atomic mass is 35.5. The SMILES string of the molecule is CC=C1N(CC)c2ccc(Cl)cc2C1(C)C. The molecule has 1 heterocycles. The number of hydrogen-bond acceptors (Lipinski definition) is 1. The van der Waals surface area contributed by atoms with Gasteiger partial charge in [0.2, 0.25) is 0 Å². The van der Waals surface area contributed by atoms with E-state index in [-0.39, 0.29) is 5.41 Å². The van der Waals surface area contributed by atoms with Crippen molar-refractivity contribution in [3.8, 4) is 0 Å². The van der Waals surface area contributed by atoms with Crippen molar-refractivity contribution in [1.29, 1.82) is 0 Å². The second-order valence-electron chi connectivity index (χ2n) is 4.70. The molecule has 2 rings (SSSR count). The number of nitrogens with zero attached hydrogens (tertiary/aromatic N) is 1. The minimum Gasteiger partial charge on any atom is -0.345 e. The van der Waals surface area contributed by atoms with Gasteiger partial charge in [-0.2, -0.15) is 0 Å². The molecule has 0 radical (unpaired) electrons. The smallest absolute Gasteiger partial charge is 0.0451 e. The molecule has 1 nitrogen and oxygen atoms in total. The molecular weight excluding hydrogens is 218 g/mol. The van der Waals surface area contributed by atoms with Crippen LogP contribution in [0.4, 0.5) is 5.69 Å². The largest absolute Gasteiger partial charge is 0.345 e. The minimum atomic E-state index is 0.0605. The average molecular weight is 236 g/mol. The molecule has 0 aromatic heterocycles. The first-order chi connectivity index (χ1) is 7.52. The summed E-state index contributed by atoms with van der Waals surface area (Å²) in [6.45, 7) is 9.80. The molecule has 0 saturated carbocycles. The van der Waals surface area contributed by atoms with E-state index in [1.807, 2.05) is 6.07 Å². The Morgan fingerprint density at radius 1 is 1.38 bits per heavy atom. The van der Waals surface area contributed by atoms with Gasteiger partial charge in [-0.3, -0.25) is 0 Å². The molecule has 0 amide bonds. The molecule has 0 bridgehead atoms. The molecule has 1 aromatic carbocycles. The van der Waals surface area contributed by atoms with Crippen molar-refractivity contribution >= 4 is 17.3 Å². The number of hydrogen-bond donors (Lipinski definition) is 0. The number of rotatable bonds is 1. The van der Waals surface area contributed by atoms with Crippen molar-refractivity contribution in [2.75, 3.05) is 11.4 Å². The summed E-state index contributed by atoms with van der Waals surface area (Å²) in [4.78, 5) is 2.37. The van der Waals surface area contributed by atoms with E-state index in [1.165, 1.54) is 16.9 Å². The second-order valence-corrected chi connectivity index (χ2v) is 5.14. The van der Waals surface area contributed by atoms with Crippen LogP contribution in [-0.2, 0) is 5.41 Å². The lowest BCUT2D eigenvalue weighted by Crippen LogP contribution is -2.25. The van der Waals surface area contributed by atoms with Crippen LogP contribution >= 0.6 is 11.6 Å². The Bertz CT molecular complexity index is 446. The van der Waals surface area contributed by atoms with Crippen molar-refractivity contribution < 1.29 is 0 Å². The molecule has 2 heteroatoms. The van der Waals surface area contributed by atoms with Crippen LogP contribution in [0.2, 0.25) is 5.02 Å². The van der Waals surface area contributed by atoms with Gasteiger partial charge in [-0.15, -0.1) is 0 Å². The molecule has 1 aromatic rings. The van der Waals surface area contributed by atoms with Crippen LogP contribution in [0.1, 0.15) is 33.3 Å². The zero-order valence-electron chi connectivity index (χ0n) is 10.3. The quantitative estimate of drug-likeness (QED) is 0.699. The van der Waals surface area contributed by atoms with E-state index in [2.05, 4.69) is 50.8 Å². The van der Waals surface area contributed by atoms with Crippen LogP contribution in [0.3, 0.4) is 0 Å². The van der Waals surface area contributed by atoms with Crippen LogP contribution in [-0.4, -0.2) is 6.54 Å². The number of benzene rings is 1. The average Bonchev–Trinajstić information content (AvgIpc) is 2.46. The fourth-order valence-corrected chi connectivity index (χ4v) is 2.88. The van der Waals surface area contributed by atoms with E-state index in [1.54, 1.807) is 0 Å². The summed E-state index contributed by atoms with van der Waals surface area (Å²) in [5.41, 5.74) is 4.05. The third-order valence-electron chi connectivity index (χ3n) is 3.44. The lowest BCUT2D eigenvalue weighted by Gasteiger charge is -2.25. The number of anilines is 1. The van der Waals surface area contributed by atoms with Gasteiger partial charge in [-0.1, -0.05) is 31.5 Å². The molecule has 0 spiro atoms. The van der Waals surface area contributed by atoms with Gasteiger partial charge in [0.05, 0.1) is 0 Å². The summed E-state index contributed by atoms with van der Waals surface area (Å²) in [5, 5.41) is 0.820. The maximum Gasteiger partial charge on any atom is 0.0451 e. The Morgan fingerprint density at radius 3 is 2.62 bits per heavy atom. The summed E-state index contributed by atoms with van der Waals surface area (Å²) in [6.07, 6.45) is 2.21. The Balaban J connectivity index is 2.67. The highest BCUT2D eigenvalue weighted by Crippen LogP contribution is 2.48. The normalized spacial score (nSPS) is 20.3. The molecule has 16 heavy (non-hydrogen) atoms. The van der Waals surface area contributed by atoms with Crippen LogP contribution < -0.4 is 4.90 Å².